The highest BCUT2D eigenvalue weighted by atomic mass is 32.1. The molecule has 1 aliphatic heterocycles. The van der Waals surface area contributed by atoms with Gasteiger partial charge in [0.15, 0.2) is 11.6 Å². The predicted octanol–water partition coefficient (Wildman–Crippen LogP) is 6.16. The molecule has 0 saturated carbocycles. The van der Waals surface area contributed by atoms with Gasteiger partial charge in [0.2, 0.25) is 0 Å². The number of hydrogen-bond donors (Lipinski definition) is 2. The summed E-state index contributed by atoms with van der Waals surface area (Å²) in [5.74, 6) is -0.117. The maximum absolute atomic E-state index is 14.8. The number of carbonyl (C=O) groups excluding carboxylic acids is 2. The van der Waals surface area contributed by atoms with Gasteiger partial charge in [-0.1, -0.05) is 6.07 Å². The third kappa shape index (κ3) is 5.83. The Morgan fingerprint density at radius 2 is 2.05 bits per heavy atom. The molecule has 0 bridgehead atoms. The van der Waals surface area contributed by atoms with Crippen molar-refractivity contribution in [2.45, 2.75) is 32.9 Å². The SMILES string of the molecule is CC(C)NC(=O)Nc1ccc(Oc2ccnc3cc(-c4ccc(CN5CCCOC5=O)cn4)sc23)c(F)c1. The average Bonchev–Trinajstić information content (AvgIpc) is 3.32. The van der Waals surface area contributed by atoms with Crippen molar-refractivity contribution >= 4 is 39.4 Å². The summed E-state index contributed by atoms with van der Waals surface area (Å²) >= 11 is 1.44. The van der Waals surface area contributed by atoms with Gasteiger partial charge in [-0.25, -0.2) is 14.0 Å². The molecule has 0 unspecified atom stereocenters. The molecule has 1 saturated heterocycles. The van der Waals surface area contributed by atoms with Gasteiger partial charge in [-0.2, -0.15) is 0 Å². The van der Waals surface area contributed by atoms with Crippen LogP contribution in [0.2, 0.25) is 0 Å². The number of anilines is 1. The van der Waals surface area contributed by atoms with Gasteiger partial charge < -0.3 is 25.0 Å². The molecule has 9 nitrogen and oxygen atoms in total. The summed E-state index contributed by atoms with van der Waals surface area (Å²) in [6.45, 7) is 5.25. The molecular weight excluding hydrogens is 509 g/mol. The van der Waals surface area contributed by atoms with Crippen LogP contribution >= 0.6 is 11.3 Å². The number of benzene rings is 1. The smallest absolute Gasteiger partial charge is 0.410 e. The van der Waals surface area contributed by atoms with E-state index in [-0.39, 0.29) is 17.9 Å². The topological polar surface area (TPSA) is 106 Å². The van der Waals surface area contributed by atoms with E-state index in [1.54, 1.807) is 29.4 Å². The van der Waals surface area contributed by atoms with E-state index in [1.165, 1.54) is 23.5 Å². The number of pyridine rings is 2. The van der Waals surface area contributed by atoms with Gasteiger partial charge in [-0.05, 0) is 50.1 Å². The average molecular weight is 536 g/mol. The molecule has 0 radical (unpaired) electrons. The van der Waals surface area contributed by atoms with Crippen LogP contribution in [0, 0.1) is 5.82 Å². The Morgan fingerprint density at radius 3 is 2.79 bits per heavy atom. The number of fused-ring (bicyclic) bond motifs is 1. The highest BCUT2D eigenvalue weighted by Gasteiger charge is 2.20. The van der Waals surface area contributed by atoms with Gasteiger partial charge in [-0.3, -0.25) is 9.97 Å². The third-order valence-corrected chi connectivity index (χ3v) is 6.87. The van der Waals surface area contributed by atoms with Crippen LogP contribution in [0.1, 0.15) is 25.8 Å². The van der Waals surface area contributed by atoms with Gasteiger partial charge in [0.25, 0.3) is 0 Å². The molecule has 1 aromatic carbocycles. The van der Waals surface area contributed by atoms with E-state index in [2.05, 4.69) is 20.6 Å². The minimum atomic E-state index is -0.607. The molecule has 4 aromatic rings. The number of nitrogens with one attached hydrogen (secondary N) is 2. The normalized spacial score (nSPS) is 13.5. The molecule has 196 valence electrons. The molecule has 5 rings (SSSR count). The van der Waals surface area contributed by atoms with Crippen molar-refractivity contribution in [1.82, 2.24) is 20.2 Å². The quantitative estimate of drug-likeness (QED) is 0.294. The van der Waals surface area contributed by atoms with Gasteiger partial charge in [-0.15, -0.1) is 11.3 Å². The van der Waals surface area contributed by atoms with E-state index >= 15 is 0 Å². The second-order valence-electron chi connectivity index (χ2n) is 9.08. The largest absolute Gasteiger partial charge is 0.453 e. The number of halogens is 1. The Morgan fingerprint density at radius 1 is 1.18 bits per heavy atom. The van der Waals surface area contributed by atoms with Crippen LogP contribution in [0.5, 0.6) is 11.5 Å². The second-order valence-corrected chi connectivity index (χ2v) is 10.1. The highest BCUT2D eigenvalue weighted by Crippen LogP contribution is 2.39. The molecule has 11 heteroatoms. The molecule has 2 N–H and O–H groups in total. The molecule has 4 heterocycles. The lowest BCUT2D eigenvalue weighted by Gasteiger charge is -2.26. The van der Waals surface area contributed by atoms with Crippen LogP contribution in [0.25, 0.3) is 20.8 Å². The lowest BCUT2D eigenvalue weighted by atomic mass is 10.2. The molecule has 3 aromatic heterocycles. The molecular formula is C27H26FN5O4S. The van der Waals surface area contributed by atoms with Crippen molar-refractivity contribution < 1.29 is 23.5 Å². The van der Waals surface area contributed by atoms with Gasteiger partial charge in [0.05, 0.1) is 33.9 Å². The zero-order chi connectivity index (χ0) is 26.6. The molecule has 38 heavy (non-hydrogen) atoms. The maximum atomic E-state index is 14.8. The first kappa shape index (κ1) is 25.4. The fraction of sp³-hybridized carbons (Fsp3) is 0.259. The summed E-state index contributed by atoms with van der Waals surface area (Å²) in [6.07, 6.45) is 3.87. The first-order valence-corrected chi connectivity index (χ1v) is 13.0. The van der Waals surface area contributed by atoms with Crippen molar-refractivity contribution in [2.75, 3.05) is 18.5 Å². The van der Waals surface area contributed by atoms with E-state index in [1.807, 2.05) is 32.0 Å². The van der Waals surface area contributed by atoms with E-state index in [0.29, 0.717) is 36.6 Å². The van der Waals surface area contributed by atoms with Crippen LogP contribution in [-0.2, 0) is 11.3 Å². The summed E-state index contributed by atoms with van der Waals surface area (Å²) < 4.78 is 26.5. The van der Waals surface area contributed by atoms with Crippen molar-refractivity contribution in [3.05, 3.63) is 66.2 Å². The minimum absolute atomic E-state index is 0.0287. The highest BCUT2D eigenvalue weighted by molar-refractivity contribution is 7.22. The first-order chi connectivity index (χ1) is 18.4. The van der Waals surface area contributed by atoms with E-state index in [9.17, 15) is 14.0 Å². The van der Waals surface area contributed by atoms with Crippen LogP contribution in [-0.4, -0.2) is 46.2 Å². The lowest BCUT2D eigenvalue weighted by molar-refractivity contribution is 0.0700. The summed E-state index contributed by atoms with van der Waals surface area (Å²) in [5, 5.41) is 5.29. The van der Waals surface area contributed by atoms with Crippen molar-refractivity contribution in [2.24, 2.45) is 0 Å². The number of ether oxygens (including phenoxy) is 2. The minimum Gasteiger partial charge on any atom is -0.453 e. The lowest BCUT2D eigenvalue weighted by Crippen LogP contribution is -2.37. The van der Waals surface area contributed by atoms with Crippen molar-refractivity contribution in [1.29, 1.82) is 0 Å². The first-order valence-electron chi connectivity index (χ1n) is 12.2. The molecule has 1 fully saturated rings. The van der Waals surface area contributed by atoms with Crippen LogP contribution in [0.15, 0.2) is 54.9 Å². The Labute approximate surface area is 222 Å². The van der Waals surface area contributed by atoms with Crippen molar-refractivity contribution in [3.63, 3.8) is 0 Å². The number of amides is 3. The van der Waals surface area contributed by atoms with Crippen molar-refractivity contribution in [3.8, 4) is 22.1 Å². The van der Waals surface area contributed by atoms with Gasteiger partial charge >= 0.3 is 12.1 Å². The summed E-state index contributed by atoms with van der Waals surface area (Å²) in [6, 6.07) is 11.2. The number of aromatic nitrogens is 2. The molecule has 1 aliphatic rings. The maximum Gasteiger partial charge on any atom is 0.410 e. The molecule has 0 atom stereocenters. The number of carbonyl (C=O) groups is 2. The van der Waals surface area contributed by atoms with Crippen LogP contribution in [0.4, 0.5) is 19.7 Å². The van der Waals surface area contributed by atoms with E-state index in [0.717, 1.165) is 27.3 Å². The predicted molar refractivity (Wildman–Crippen MR) is 143 cm³/mol. The Kier molecular flexibility index (Phi) is 7.36. The van der Waals surface area contributed by atoms with E-state index < -0.39 is 11.8 Å². The number of hydrogen-bond acceptors (Lipinski definition) is 7. The fourth-order valence-corrected chi connectivity index (χ4v) is 5.00. The second kappa shape index (κ2) is 11.0. The Hall–Kier alpha value is -4.25. The number of rotatable bonds is 7. The summed E-state index contributed by atoms with van der Waals surface area (Å²) in [4.78, 5) is 35.3. The fourth-order valence-electron chi connectivity index (χ4n) is 3.96. The molecule has 0 aliphatic carbocycles. The Balaban J connectivity index is 1.32. The summed E-state index contributed by atoms with van der Waals surface area (Å²) in [7, 11) is 0. The zero-order valence-electron chi connectivity index (χ0n) is 20.9. The van der Waals surface area contributed by atoms with Gasteiger partial charge in [0, 0.05) is 42.8 Å². The van der Waals surface area contributed by atoms with Gasteiger partial charge in [0.1, 0.15) is 5.75 Å². The third-order valence-electron chi connectivity index (χ3n) is 5.71. The van der Waals surface area contributed by atoms with E-state index in [4.69, 9.17) is 9.47 Å². The zero-order valence-corrected chi connectivity index (χ0v) is 21.7. The molecule has 0 spiro atoms. The molecule has 3 amide bonds. The number of urea groups is 1. The number of nitrogens with zero attached hydrogens (tertiary/aromatic N) is 3. The monoisotopic (exact) mass is 535 g/mol. The standard InChI is InChI=1S/C27H26FN5O4S/c1-16(2)31-26(34)32-18-5-7-22(19(28)12-18)37-23-8-9-29-21-13-24(38-25(21)23)20-6-4-17(14-30-20)15-33-10-3-11-36-27(33)35/h4-9,12-14,16H,3,10-11,15H2,1-2H3,(H2,31,32,34). The summed E-state index contributed by atoms with van der Waals surface area (Å²) in [5.41, 5.74) is 2.68. The Bertz CT molecular complexity index is 1470. The number of cyclic esters (lactones) is 1. The van der Waals surface area contributed by atoms with Crippen LogP contribution < -0.4 is 15.4 Å². The number of thiophene rings is 1. The van der Waals surface area contributed by atoms with Crippen LogP contribution in [0.3, 0.4) is 0 Å².